The first-order valence-corrected chi connectivity index (χ1v) is 11.6. The molecule has 0 aliphatic rings. The van der Waals surface area contributed by atoms with E-state index in [0.29, 0.717) is 35.0 Å². The monoisotopic (exact) mass is 464 g/mol. The van der Waals surface area contributed by atoms with Gasteiger partial charge in [0.25, 0.3) is 5.91 Å². The van der Waals surface area contributed by atoms with Crippen LogP contribution in [-0.2, 0) is 6.54 Å². The summed E-state index contributed by atoms with van der Waals surface area (Å²) in [7, 11) is 0. The molecule has 8 nitrogen and oxygen atoms in total. The summed E-state index contributed by atoms with van der Waals surface area (Å²) in [6.07, 6.45) is 3.95. The molecule has 0 bridgehead atoms. The van der Waals surface area contributed by atoms with E-state index in [0.717, 1.165) is 28.2 Å². The number of aromatic nitrogens is 3. The molecule has 0 fully saturated rings. The van der Waals surface area contributed by atoms with E-state index in [1.165, 1.54) is 11.3 Å². The number of rotatable bonds is 8. The van der Waals surface area contributed by atoms with Crippen LogP contribution in [0, 0.1) is 0 Å². The Morgan fingerprint density at radius 3 is 2.67 bits per heavy atom. The molecular weight excluding hydrogens is 436 g/mol. The molecule has 0 atom stereocenters. The molecule has 0 saturated carbocycles. The van der Waals surface area contributed by atoms with Crippen molar-refractivity contribution in [2.75, 3.05) is 22.9 Å². The second kappa shape index (κ2) is 9.21. The van der Waals surface area contributed by atoms with E-state index in [-0.39, 0.29) is 5.91 Å². The lowest BCUT2D eigenvalue weighted by atomic mass is 10.1. The Hall–Kier alpha value is -3.43. The highest BCUT2D eigenvalue weighted by molar-refractivity contribution is 7.17. The van der Waals surface area contributed by atoms with Crippen molar-refractivity contribution in [2.45, 2.75) is 39.3 Å². The first-order valence-electron chi connectivity index (χ1n) is 10.8. The zero-order valence-electron chi connectivity index (χ0n) is 18.9. The second-order valence-electron chi connectivity index (χ2n) is 8.46. The quantitative estimate of drug-likeness (QED) is 0.283. The van der Waals surface area contributed by atoms with Gasteiger partial charge >= 0.3 is 0 Å². The van der Waals surface area contributed by atoms with Crippen LogP contribution in [0.5, 0.6) is 0 Å². The first kappa shape index (κ1) is 22.8. The molecule has 1 aromatic carbocycles. The van der Waals surface area contributed by atoms with Crippen LogP contribution in [0.2, 0.25) is 0 Å². The highest BCUT2D eigenvalue weighted by Gasteiger charge is 2.20. The maximum Gasteiger partial charge on any atom is 0.268 e. The highest BCUT2D eigenvalue weighted by atomic mass is 32.1. The Bertz CT molecular complexity index is 1270. The van der Waals surface area contributed by atoms with Gasteiger partial charge in [0.2, 0.25) is 5.95 Å². The average Bonchev–Trinajstić information content (AvgIpc) is 3.38. The first-order chi connectivity index (χ1) is 15.7. The second-order valence-corrected chi connectivity index (χ2v) is 9.55. The van der Waals surface area contributed by atoms with Gasteiger partial charge in [-0.25, -0.2) is 4.98 Å². The SMILES string of the molecule is CCNc1cc2c(cc1N)nc(NC(=O)c1ccc(-c3ccncc3)s1)n2CCC(C)(C)O. The number of hydrogen-bond acceptors (Lipinski definition) is 7. The number of fused-ring (bicyclic) bond motifs is 1. The Kier molecular flexibility index (Phi) is 6.35. The van der Waals surface area contributed by atoms with Gasteiger partial charge in [-0.3, -0.25) is 15.1 Å². The van der Waals surface area contributed by atoms with E-state index < -0.39 is 5.60 Å². The Balaban J connectivity index is 1.67. The lowest BCUT2D eigenvalue weighted by Gasteiger charge is -2.19. The van der Waals surface area contributed by atoms with Crippen LogP contribution in [0.3, 0.4) is 0 Å². The number of amides is 1. The molecule has 0 aliphatic carbocycles. The summed E-state index contributed by atoms with van der Waals surface area (Å²) in [5.41, 5.74) is 9.26. The van der Waals surface area contributed by atoms with Crippen molar-refractivity contribution < 1.29 is 9.90 Å². The predicted molar refractivity (Wildman–Crippen MR) is 135 cm³/mol. The molecule has 0 saturated heterocycles. The molecule has 1 amide bonds. The van der Waals surface area contributed by atoms with Gasteiger partial charge in [-0.2, -0.15) is 0 Å². The molecule has 33 heavy (non-hydrogen) atoms. The van der Waals surface area contributed by atoms with Crippen molar-refractivity contribution in [1.29, 1.82) is 0 Å². The van der Waals surface area contributed by atoms with Crippen molar-refractivity contribution in [3.63, 3.8) is 0 Å². The number of benzene rings is 1. The minimum Gasteiger partial charge on any atom is -0.397 e. The van der Waals surface area contributed by atoms with E-state index >= 15 is 0 Å². The molecule has 4 rings (SSSR count). The van der Waals surface area contributed by atoms with E-state index in [1.807, 2.05) is 35.8 Å². The molecule has 0 aliphatic heterocycles. The van der Waals surface area contributed by atoms with Crippen molar-refractivity contribution in [2.24, 2.45) is 0 Å². The Morgan fingerprint density at radius 1 is 1.21 bits per heavy atom. The number of aliphatic hydroxyl groups is 1. The number of thiophene rings is 1. The minimum absolute atomic E-state index is 0.236. The number of pyridine rings is 1. The summed E-state index contributed by atoms with van der Waals surface area (Å²) in [6.45, 7) is 6.74. The third-order valence-electron chi connectivity index (χ3n) is 5.25. The van der Waals surface area contributed by atoms with Gasteiger partial charge in [-0.1, -0.05) is 0 Å². The fourth-order valence-electron chi connectivity index (χ4n) is 3.53. The topological polar surface area (TPSA) is 118 Å². The Labute approximate surface area is 196 Å². The largest absolute Gasteiger partial charge is 0.397 e. The summed E-state index contributed by atoms with van der Waals surface area (Å²) in [5.74, 6) is 0.186. The number of carbonyl (C=O) groups is 1. The minimum atomic E-state index is -0.858. The van der Waals surface area contributed by atoms with Crippen LogP contribution < -0.4 is 16.4 Å². The molecular formula is C24H28N6O2S. The molecule has 9 heteroatoms. The number of imidazole rings is 1. The zero-order valence-corrected chi connectivity index (χ0v) is 19.7. The number of aryl methyl sites for hydroxylation is 1. The van der Waals surface area contributed by atoms with Gasteiger partial charge in [0.15, 0.2) is 0 Å². The molecule has 0 spiro atoms. The van der Waals surface area contributed by atoms with E-state index in [2.05, 4.69) is 20.6 Å². The maximum atomic E-state index is 13.1. The van der Waals surface area contributed by atoms with Gasteiger partial charge in [-0.15, -0.1) is 11.3 Å². The third-order valence-corrected chi connectivity index (χ3v) is 6.39. The van der Waals surface area contributed by atoms with Gasteiger partial charge in [0, 0.05) is 30.4 Å². The van der Waals surface area contributed by atoms with Crippen molar-refractivity contribution in [3.05, 3.63) is 53.7 Å². The van der Waals surface area contributed by atoms with E-state index in [1.54, 1.807) is 38.4 Å². The van der Waals surface area contributed by atoms with E-state index in [9.17, 15) is 9.90 Å². The summed E-state index contributed by atoms with van der Waals surface area (Å²) in [5, 5.41) is 16.5. The number of nitrogens with two attached hydrogens (primary N) is 1. The summed E-state index contributed by atoms with van der Waals surface area (Å²) < 4.78 is 1.92. The molecule has 3 aromatic heterocycles. The standard InChI is InChI=1S/C24H28N6O2S/c1-4-27-17-14-19-18(13-16(17)25)28-23(30(19)12-9-24(2,3)32)29-22(31)21-6-5-20(33-21)15-7-10-26-11-8-15/h5-8,10-11,13-14,27,32H,4,9,12,25H2,1-3H3,(H,28,29,31). The number of anilines is 3. The predicted octanol–water partition coefficient (Wildman–Crippen LogP) is 4.59. The van der Waals surface area contributed by atoms with Crippen molar-refractivity contribution in [3.8, 4) is 10.4 Å². The van der Waals surface area contributed by atoms with Crippen LogP contribution in [0.4, 0.5) is 17.3 Å². The fourth-order valence-corrected chi connectivity index (χ4v) is 4.44. The normalized spacial score (nSPS) is 11.6. The summed E-state index contributed by atoms with van der Waals surface area (Å²) >= 11 is 1.41. The van der Waals surface area contributed by atoms with Crippen LogP contribution in [0.1, 0.15) is 36.9 Å². The number of hydrogen-bond donors (Lipinski definition) is 4. The van der Waals surface area contributed by atoms with E-state index in [4.69, 9.17) is 5.73 Å². The lowest BCUT2D eigenvalue weighted by molar-refractivity contribution is 0.0667. The van der Waals surface area contributed by atoms with Gasteiger partial charge in [0.05, 0.1) is 32.9 Å². The maximum absolute atomic E-state index is 13.1. The van der Waals surface area contributed by atoms with Crippen LogP contribution >= 0.6 is 11.3 Å². The van der Waals surface area contributed by atoms with Crippen LogP contribution in [0.25, 0.3) is 21.5 Å². The number of nitrogens with zero attached hydrogens (tertiary/aromatic N) is 3. The molecule has 4 aromatic rings. The van der Waals surface area contributed by atoms with Gasteiger partial charge < -0.3 is 20.7 Å². The smallest absolute Gasteiger partial charge is 0.268 e. The van der Waals surface area contributed by atoms with Crippen molar-refractivity contribution >= 4 is 45.6 Å². The lowest BCUT2D eigenvalue weighted by Crippen LogP contribution is -2.22. The number of nitrogen functional groups attached to an aromatic ring is 1. The zero-order chi connectivity index (χ0) is 23.6. The summed E-state index contributed by atoms with van der Waals surface area (Å²) in [4.78, 5) is 23.3. The van der Waals surface area contributed by atoms with Gasteiger partial charge in [-0.05, 0) is 69.2 Å². The Morgan fingerprint density at radius 2 is 1.97 bits per heavy atom. The highest BCUT2D eigenvalue weighted by Crippen LogP contribution is 2.31. The molecule has 0 radical (unpaired) electrons. The molecule has 172 valence electrons. The molecule has 0 unspecified atom stereocenters. The number of nitrogens with one attached hydrogen (secondary N) is 2. The summed E-state index contributed by atoms with van der Waals surface area (Å²) in [6, 6.07) is 11.3. The number of carbonyl (C=O) groups excluding carboxylic acids is 1. The molecule has 3 heterocycles. The fraction of sp³-hybridized carbons (Fsp3) is 0.292. The van der Waals surface area contributed by atoms with Crippen LogP contribution in [-0.4, -0.2) is 37.7 Å². The van der Waals surface area contributed by atoms with Gasteiger partial charge in [0.1, 0.15) is 0 Å². The molecule has 5 N–H and O–H groups in total. The third kappa shape index (κ3) is 5.15. The van der Waals surface area contributed by atoms with Crippen LogP contribution in [0.15, 0.2) is 48.8 Å². The van der Waals surface area contributed by atoms with Crippen molar-refractivity contribution in [1.82, 2.24) is 14.5 Å². The average molecular weight is 465 g/mol.